The van der Waals surface area contributed by atoms with Gasteiger partial charge < -0.3 is 15.3 Å². The van der Waals surface area contributed by atoms with Crippen LogP contribution in [0.2, 0.25) is 0 Å². The minimum absolute atomic E-state index is 0.152. The lowest BCUT2D eigenvalue weighted by molar-refractivity contribution is -0.140. The molecular weight excluding hydrogens is 284 g/mol. The van der Waals surface area contributed by atoms with Gasteiger partial charge in [-0.3, -0.25) is 4.79 Å². The quantitative estimate of drug-likeness (QED) is 0.822. The van der Waals surface area contributed by atoms with Gasteiger partial charge in [0, 0.05) is 19.3 Å². The number of rotatable bonds is 6. The smallest absolute Gasteiger partial charge is 0.326 e. The van der Waals surface area contributed by atoms with Crippen LogP contribution in [0, 0.1) is 5.92 Å². The van der Waals surface area contributed by atoms with Gasteiger partial charge >= 0.3 is 5.97 Å². The van der Waals surface area contributed by atoms with E-state index in [1.165, 1.54) is 12.3 Å². The lowest BCUT2D eigenvalue weighted by atomic mass is 9.99. The number of carbonyl (C=O) groups is 2. The van der Waals surface area contributed by atoms with Crippen LogP contribution in [0.4, 0.5) is 5.95 Å². The summed E-state index contributed by atoms with van der Waals surface area (Å²) in [6, 6.07) is 0.590. The number of hydrogen-bond donors (Lipinski definition) is 2. The molecule has 120 valence electrons. The fraction of sp³-hybridized carbons (Fsp3) is 0.600. The van der Waals surface area contributed by atoms with Gasteiger partial charge in [0.15, 0.2) is 0 Å². The van der Waals surface area contributed by atoms with Crippen LogP contribution < -0.4 is 10.2 Å². The highest BCUT2D eigenvalue weighted by atomic mass is 16.4. The lowest BCUT2D eigenvalue weighted by Gasteiger charge is -2.20. The van der Waals surface area contributed by atoms with Crippen molar-refractivity contribution >= 4 is 17.8 Å². The summed E-state index contributed by atoms with van der Waals surface area (Å²) < 4.78 is 0. The van der Waals surface area contributed by atoms with E-state index in [0.717, 1.165) is 25.9 Å². The van der Waals surface area contributed by atoms with Crippen LogP contribution in [0.3, 0.4) is 0 Å². The Morgan fingerprint density at radius 2 is 2.09 bits per heavy atom. The zero-order valence-corrected chi connectivity index (χ0v) is 13.0. The predicted molar refractivity (Wildman–Crippen MR) is 81.8 cm³/mol. The third-order valence-corrected chi connectivity index (χ3v) is 4.03. The molecule has 2 rings (SSSR count). The summed E-state index contributed by atoms with van der Waals surface area (Å²) >= 11 is 0. The molecule has 2 heterocycles. The number of carbonyl (C=O) groups excluding carboxylic acids is 1. The van der Waals surface area contributed by atoms with E-state index in [1.807, 2.05) is 11.8 Å². The summed E-state index contributed by atoms with van der Waals surface area (Å²) in [5, 5.41) is 11.8. The van der Waals surface area contributed by atoms with Crippen molar-refractivity contribution in [2.75, 3.05) is 18.0 Å². The summed E-state index contributed by atoms with van der Waals surface area (Å²) in [7, 11) is 0. The average Bonchev–Trinajstić information content (AvgIpc) is 3.06. The van der Waals surface area contributed by atoms with Crippen LogP contribution in [-0.4, -0.2) is 46.1 Å². The fourth-order valence-electron chi connectivity index (χ4n) is 2.44. The van der Waals surface area contributed by atoms with Gasteiger partial charge in [0.05, 0.1) is 0 Å². The van der Waals surface area contributed by atoms with Crippen LogP contribution in [0.1, 0.15) is 43.6 Å². The molecule has 1 saturated heterocycles. The van der Waals surface area contributed by atoms with Gasteiger partial charge in [0.25, 0.3) is 5.91 Å². The van der Waals surface area contributed by atoms with E-state index in [0.29, 0.717) is 12.4 Å². The van der Waals surface area contributed by atoms with Gasteiger partial charge in [-0.15, -0.1) is 0 Å². The standard InChI is InChI=1S/C15H22N4O3/c1-3-10(2)12(14(21)22)18-13(20)11-6-7-16-15(17-11)19-8-4-5-9-19/h6-7,10,12H,3-5,8-9H2,1-2H3,(H,18,20)(H,21,22)/t10-,12-/m0/s1. The maximum absolute atomic E-state index is 12.3. The molecule has 1 fully saturated rings. The lowest BCUT2D eigenvalue weighted by Crippen LogP contribution is -2.45. The summed E-state index contributed by atoms with van der Waals surface area (Å²) in [5.74, 6) is -1.13. The molecule has 0 radical (unpaired) electrons. The Kier molecular flexibility index (Phi) is 5.30. The molecule has 7 heteroatoms. The van der Waals surface area contributed by atoms with E-state index in [2.05, 4.69) is 15.3 Å². The monoisotopic (exact) mass is 306 g/mol. The normalized spacial score (nSPS) is 17.1. The van der Waals surface area contributed by atoms with Crippen molar-refractivity contribution in [1.29, 1.82) is 0 Å². The summed E-state index contributed by atoms with van der Waals surface area (Å²) in [5.41, 5.74) is 0.200. The third kappa shape index (κ3) is 3.72. The maximum Gasteiger partial charge on any atom is 0.326 e. The zero-order chi connectivity index (χ0) is 16.1. The van der Waals surface area contributed by atoms with Crippen molar-refractivity contribution < 1.29 is 14.7 Å². The first-order valence-electron chi connectivity index (χ1n) is 7.64. The highest BCUT2D eigenvalue weighted by Crippen LogP contribution is 2.15. The third-order valence-electron chi connectivity index (χ3n) is 4.03. The molecule has 0 aliphatic carbocycles. The number of carboxylic acid groups (broad SMARTS) is 1. The number of aromatic nitrogens is 2. The fourth-order valence-corrected chi connectivity index (χ4v) is 2.44. The Bertz CT molecular complexity index is 543. The Morgan fingerprint density at radius 1 is 1.41 bits per heavy atom. The van der Waals surface area contributed by atoms with Crippen LogP contribution in [-0.2, 0) is 4.79 Å². The number of carboxylic acids is 1. The molecule has 1 amide bonds. The van der Waals surface area contributed by atoms with Gasteiger partial charge in [-0.1, -0.05) is 20.3 Å². The number of hydrogen-bond acceptors (Lipinski definition) is 5. The highest BCUT2D eigenvalue weighted by Gasteiger charge is 2.26. The van der Waals surface area contributed by atoms with Crippen LogP contribution in [0.5, 0.6) is 0 Å². The SMILES string of the molecule is CC[C@H](C)[C@H](NC(=O)c1ccnc(N2CCCC2)n1)C(=O)O. The van der Waals surface area contributed by atoms with Gasteiger partial charge in [0.2, 0.25) is 5.95 Å². The molecule has 1 aliphatic heterocycles. The van der Waals surface area contributed by atoms with E-state index in [1.54, 1.807) is 6.92 Å². The van der Waals surface area contributed by atoms with Crippen molar-refractivity contribution in [3.8, 4) is 0 Å². The second-order valence-corrected chi connectivity index (χ2v) is 5.61. The van der Waals surface area contributed by atoms with Gasteiger partial charge in [-0.05, 0) is 24.8 Å². The molecule has 1 aromatic rings. The zero-order valence-electron chi connectivity index (χ0n) is 13.0. The first-order chi connectivity index (χ1) is 10.5. The topological polar surface area (TPSA) is 95.4 Å². The molecule has 0 aromatic carbocycles. The number of amides is 1. The van der Waals surface area contributed by atoms with Gasteiger partial charge in [0.1, 0.15) is 11.7 Å². The maximum atomic E-state index is 12.3. The van der Waals surface area contributed by atoms with Crippen molar-refractivity contribution in [3.63, 3.8) is 0 Å². The van der Waals surface area contributed by atoms with Crippen molar-refractivity contribution in [2.24, 2.45) is 5.92 Å². The largest absolute Gasteiger partial charge is 0.480 e. The second kappa shape index (κ2) is 7.20. The Morgan fingerprint density at radius 3 is 2.68 bits per heavy atom. The molecule has 1 aromatic heterocycles. The second-order valence-electron chi connectivity index (χ2n) is 5.61. The highest BCUT2D eigenvalue weighted by molar-refractivity contribution is 5.95. The minimum Gasteiger partial charge on any atom is -0.480 e. The molecule has 2 atom stereocenters. The minimum atomic E-state index is -1.03. The Balaban J connectivity index is 2.11. The number of nitrogens with zero attached hydrogens (tertiary/aromatic N) is 3. The van der Waals surface area contributed by atoms with Crippen LogP contribution >= 0.6 is 0 Å². The summed E-state index contributed by atoms with van der Waals surface area (Å²) in [6.07, 6.45) is 4.39. The summed E-state index contributed by atoms with van der Waals surface area (Å²) in [6.45, 7) is 5.46. The predicted octanol–water partition coefficient (Wildman–Crippen LogP) is 1.31. The number of nitrogens with one attached hydrogen (secondary N) is 1. The molecule has 1 aliphatic rings. The molecule has 22 heavy (non-hydrogen) atoms. The van der Waals surface area contributed by atoms with Gasteiger partial charge in [-0.25, -0.2) is 14.8 Å². The first kappa shape index (κ1) is 16.2. The molecule has 7 nitrogen and oxygen atoms in total. The molecule has 2 N–H and O–H groups in total. The van der Waals surface area contributed by atoms with Crippen molar-refractivity contribution in [3.05, 3.63) is 18.0 Å². The molecule has 0 bridgehead atoms. The molecular formula is C15H22N4O3. The Labute approximate surface area is 129 Å². The number of aliphatic carboxylic acids is 1. The van der Waals surface area contributed by atoms with E-state index in [-0.39, 0.29) is 11.6 Å². The van der Waals surface area contributed by atoms with Crippen LogP contribution in [0.15, 0.2) is 12.3 Å². The average molecular weight is 306 g/mol. The Hall–Kier alpha value is -2.18. The van der Waals surface area contributed by atoms with E-state index < -0.39 is 17.9 Å². The van der Waals surface area contributed by atoms with E-state index in [4.69, 9.17) is 0 Å². The number of anilines is 1. The molecule has 0 spiro atoms. The van der Waals surface area contributed by atoms with Crippen molar-refractivity contribution in [1.82, 2.24) is 15.3 Å². The van der Waals surface area contributed by atoms with E-state index >= 15 is 0 Å². The van der Waals surface area contributed by atoms with E-state index in [9.17, 15) is 14.7 Å². The van der Waals surface area contributed by atoms with Crippen molar-refractivity contribution in [2.45, 2.75) is 39.2 Å². The molecule has 0 saturated carbocycles. The molecule has 0 unspecified atom stereocenters. The van der Waals surface area contributed by atoms with Gasteiger partial charge in [-0.2, -0.15) is 0 Å². The first-order valence-corrected chi connectivity index (χ1v) is 7.64. The summed E-state index contributed by atoms with van der Waals surface area (Å²) in [4.78, 5) is 34.0. The van der Waals surface area contributed by atoms with Crippen LogP contribution in [0.25, 0.3) is 0 Å².